The SMILES string of the molecule is FC(F)(F)C(F)(F)Oc1ccccc1S. The number of benzene rings is 1. The Morgan fingerprint density at radius 3 is 2.00 bits per heavy atom. The monoisotopic (exact) mass is 244 g/mol. The van der Waals surface area contributed by atoms with Crippen LogP contribution < -0.4 is 4.74 Å². The molecule has 0 fully saturated rings. The van der Waals surface area contributed by atoms with E-state index >= 15 is 0 Å². The molecule has 0 aliphatic carbocycles. The summed E-state index contributed by atoms with van der Waals surface area (Å²) in [6.07, 6.45) is -11.0. The third-order valence-corrected chi connectivity index (χ3v) is 1.80. The molecule has 1 aromatic rings. The van der Waals surface area contributed by atoms with Crippen LogP contribution in [0.5, 0.6) is 5.75 Å². The molecule has 1 rings (SSSR count). The van der Waals surface area contributed by atoms with Crippen LogP contribution in [0.25, 0.3) is 0 Å². The van der Waals surface area contributed by atoms with Gasteiger partial charge in [0.25, 0.3) is 0 Å². The summed E-state index contributed by atoms with van der Waals surface area (Å²) in [5.41, 5.74) is 0. The van der Waals surface area contributed by atoms with Gasteiger partial charge in [-0.1, -0.05) is 12.1 Å². The second-order valence-corrected chi connectivity index (χ2v) is 3.07. The number of thiol groups is 1. The van der Waals surface area contributed by atoms with Crippen molar-refractivity contribution in [3.05, 3.63) is 24.3 Å². The molecule has 0 bridgehead atoms. The Hall–Kier alpha value is -0.980. The summed E-state index contributed by atoms with van der Waals surface area (Å²) >= 11 is 3.68. The van der Waals surface area contributed by atoms with E-state index in [1.807, 2.05) is 0 Å². The lowest BCUT2D eigenvalue weighted by molar-refractivity contribution is -0.361. The van der Waals surface area contributed by atoms with Gasteiger partial charge in [-0.25, -0.2) is 0 Å². The van der Waals surface area contributed by atoms with Crippen LogP contribution in [0, 0.1) is 0 Å². The highest BCUT2D eigenvalue weighted by Crippen LogP contribution is 2.38. The minimum absolute atomic E-state index is 0.0959. The van der Waals surface area contributed by atoms with Crippen LogP contribution in [0.3, 0.4) is 0 Å². The van der Waals surface area contributed by atoms with E-state index in [1.54, 1.807) is 0 Å². The first-order valence-corrected chi connectivity index (χ1v) is 4.10. The van der Waals surface area contributed by atoms with E-state index in [4.69, 9.17) is 0 Å². The predicted octanol–water partition coefficient (Wildman–Crippen LogP) is 3.51. The highest BCUT2D eigenvalue weighted by atomic mass is 32.1. The maximum atomic E-state index is 12.4. The Balaban J connectivity index is 2.92. The highest BCUT2D eigenvalue weighted by molar-refractivity contribution is 7.80. The van der Waals surface area contributed by atoms with Gasteiger partial charge in [0.1, 0.15) is 5.75 Å². The van der Waals surface area contributed by atoms with E-state index in [0.717, 1.165) is 6.07 Å². The standard InChI is InChI=1S/C8H5F5OS/c9-7(10,11)8(12,13)14-5-3-1-2-4-6(5)15/h1-4,15H. The zero-order chi connectivity index (χ0) is 11.7. The van der Waals surface area contributed by atoms with Crippen molar-refractivity contribution in [2.45, 2.75) is 17.2 Å². The van der Waals surface area contributed by atoms with Crippen molar-refractivity contribution >= 4 is 12.6 Å². The van der Waals surface area contributed by atoms with Gasteiger partial charge < -0.3 is 4.74 Å². The lowest BCUT2D eigenvalue weighted by atomic mass is 10.3. The van der Waals surface area contributed by atoms with Crippen LogP contribution in [0.15, 0.2) is 29.2 Å². The first-order chi connectivity index (χ1) is 6.74. The molecule has 0 aliphatic rings. The highest BCUT2D eigenvalue weighted by Gasteiger charge is 2.61. The summed E-state index contributed by atoms with van der Waals surface area (Å²) in [7, 11) is 0. The van der Waals surface area contributed by atoms with Gasteiger partial charge >= 0.3 is 12.3 Å². The molecule has 0 unspecified atom stereocenters. The predicted molar refractivity (Wildman–Crippen MR) is 45.3 cm³/mol. The molecular formula is C8H5F5OS. The minimum atomic E-state index is -5.75. The lowest BCUT2D eigenvalue weighted by Gasteiger charge is -2.20. The maximum absolute atomic E-state index is 12.4. The molecule has 0 heterocycles. The van der Waals surface area contributed by atoms with Crippen molar-refractivity contribution in [3.8, 4) is 5.75 Å². The number of ether oxygens (including phenoxy) is 1. The zero-order valence-electron chi connectivity index (χ0n) is 7.05. The first kappa shape index (κ1) is 12.1. The molecule has 7 heteroatoms. The topological polar surface area (TPSA) is 9.23 Å². The van der Waals surface area contributed by atoms with Gasteiger partial charge in [0, 0.05) is 4.90 Å². The van der Waals surface area contributed by atoms with Gasteiger partial charge in [-0.3, -0.25) is 0 Å². The maximum Gasteiger partial charge on any atom is 0.499 e. The van der Waals surface area contributed by atoms with Crippen molar-refractivity contribution in [1.82, 2.24) is 0 Å². The molecule has 0 amide bonds. The lowest BCUT2D eigenvalue weighted by Crippen LogP contribution is -2.41. The van der Waals surface area contributed by atoms with Crippen molar-refractivity contribution in [2.75, 3.05) is 0 Å². The largest absolute Gasteiger partial charge is 0.499 e. The van der Waals surface area contributed by atoms with Crippen LogP contribution in [-0.2, 0) is 0 Å². The summed E-state index contributed by atoms with van der Waals surface area (Å²) in [5, 5.41) is 0. The molecule has 0 N–H and O–H groups in total. The van der Waals surface area contributed by atoms with Crippen LogP contribution in [0.2, 0.25) is 0 Å². The Morgan fingerprint density at radius 1 is 1.00 bits per heavy atom. The first-order valence-electron chi connectivity index (χ1n) is 3.65. The number of para-hydroxylation sites is 1. The van der Waals surface area contributed by atoms with Crippen molar-refractivity contribution < 1.29 is 26.7 Å². The van der Waals surface area contributed by atoms with Gasteiger partial charge in [0.05, 0.1) is 0 Å². The quantitative estimate of drug-likeness (QED) is 0.618. The molecule has 0 saturated heterocycles. The average molecular weight is 244 g/mol. The molecule has 0 aliphatic heterocycles. The van der Waals surface area contributed by atoms with E-state index < -0.39 is 18.0 Å². The summed E-state index contributed by atoms with van der Waals surface area (Å²) in [6, 6.07) is 4.91. The van der Waals surface area contributed by atoms with Crippen LogP contribution in [-0.4, -0.2) is 12.3 Å². The second kappa shape index (κ2) is 3.88. The van der Waals surface area contributed by atoms with E-state index in [0.29, 0.717) is 0 Å². The Bertz CT molecular complexity index is 349. The fourth-order valence-corrected chi connectivity index (χ4v) is 0.946. The number of hydrogen-bond acceptors (Lipinski definition) is 2. The molecular weight excluding hydrogens is 239 g/mol. The van der Waals surface area contributed by atoms with Gasteiger partial charge in [0.15, 0.2) is 0 Å². The summed E-state index contributed by atoms with van der Waals surface area (Å²) < 4.78 is 63.6. The molecule has 15 heavy (non-hydrogen) atoms. The second-order valence-electron chi connectivity index (χ2n) is 2.58. The van der Waals surface area contributed by atoms with Gasteiger partial charge in [-0.05, 0) is 12.1 Å². The van der Waals surface area contributed by atoms with Crippen LogP contribution in [0.1, 0.15) is 0 Å². The Morgan fingerprint density at radius 2 is 1.53 bits per heavy atom. The van der Waals surface area contributed by atoms with Gasteiger partial charge in [-0.15, -0.1) is 12.6 Å². The van der Waals surface area contributed by atoms with Crippen LogP contribution >= 0.6 is 12.6 Å². The third kappa shape index (κ3) is 2.74. The summed E-state index contributed by atoms with van der Waals surface area (Å²) in [5.74, 6) is -0.622. The third-order valence-electron chi connectivity index (χ3n) is 1.43. The molecule has 84 valence electrons. The molecule has 0 spiro atoms. The molecule has 0 radical (unpaired) electrons. The van der Waals surface area contributed by atoms with E-state index in [2.05, 4.69) is 17.4 Å². The molecule has 0 saturated carbocycles. The zero-order valence-corrected chi connectivity index (χ0v) is 7.95. The number of rotatable bonds is 2. The normalized spacial score (nSPS) is 12.7. The number of halogens is 5. The molecule has 1 nitrogen and oxygen atoms in total. The van der Waals surface area contributed by atoms with E-state index in [1.165, 1.54) is 18.2 Å². The number of hydrogen-bond donors (Lipinski definition) is 1. The fraction of sp³-hybridized carbons (Fsp3) is 0.250. The van der Waals surface area contributed by atoms with Crippen molar-refractivity contribution in [1.29, 1.82) is 0 Å². The van der Waals surface area contributed by atoms with Crippen LogP contribution in [0.4, 0.5) is 22.0 Å². The van der Waals surface area contributed by atoms with Crippen molar-refractivity contribution in [2.24, 2.45) is 0 Å². The van der Waals surface area contributed by atoms with Gasteiger partial charge in [0.2, 0.25) is 0 Å². The summed E-state index contributed by atoms with van der Waals surface area (Å²) in [4.78, 5) is -0.0959. The smallest absolute Gasteiger partial charge is 0.425 e. The average Bonchev–Trinajstić information content (AvgIpc) is 2.06. The Kier molecular flexibility index (Phi) is 3.13. The van der Waals surface area contributed by atoms with E-state index in [-0.39, 0.29) is 4.90 Å². The van der Waals surface area contributed by atoms with E-state index in [9.17, 15) is 22.0 Å². The Labute approximate surface area is 87.3 Å². The summed E-state index contributed by atoms with van der Waals surface area (Å²) in [6.45, 7) is 0. The number of alkyl halides is 5. The van der Waals surface area contributed by atoms with Crippen molar-refractivity contribution in [3.63, 3.8) is 0 Å². The minimum Gasteiger partial charge on any atom is -0.425 e. The van der Waals surface area contributed by atoms with Gasteiger partial charge in [-0.2, -0.15) is 22.0 Å². The fourth-order valence-electron chi connectivity index (χ4n) is 0.739. The molecule has 0 aromatic heterocycles. The molecule has 1 aromatic carbocycles. The molecule has 0 atom stereocenters.